The number of H-pyrrole nitrogens is 1. The lowest BCUT2D eigenvalue weighted by atomic mass is 10.0. The summed E-state index contributed by atoms with van der Waals surface area (Å²) in [7, 11) is 0. The molecule has 5 rings (SSSR count). The standard InChI is InChI=1S/C19H20N6O/c1-9-17(10(2)26-24-9)14-7-15-18(21-19(20-15)13-5-6-13)16(8-14)25-11(3)22-23-12(25)4/h7-8,13H,5-6H2,1-4H3,(H,20,21). The molecule has 132 valence electrons. The van der Waals surface area contributed by atoms with Crippen molar-refractivity contribution in [3.05, 3.63) is 41.1 Å². The molecule has 0 aliphatic heterocycles. The first-order valence-electron chi connectivity index (χ1n) is 8.89. The molecule has 26 heavy (non-hydrogen) atoms. The van der Waals surface area contributed by atoms with Gasteiger partial charge in [0.05, 0.1) is 16.9 Å². The summed E-state index contributed by atoms with van der Waals surface area (Å²) >= 11 is 0. The van der Waals surface area contributed by atoms with Crippen LogP contribution in [0.2, 0.25) is 0 Å². The molecule has 1 aliphatic rings. The van der Waals surface area contributed by atoms with Gasteiger partial charge in [0.2, 0.25) is 0 Å². The van der Waals surface area contributed by atoms with Gasteiger partial charge in [0, 0.05) is 11.5 Å². The van der Waals surface area contributed by atoms with Gasteiger partial charge in [-0.2, -0.15) is 0 Å². The van der Waals surface area contributed by atoms with Crippen LogP contribution < -0.4 is 0 Å². The molecule has 1 fully saturated rings. The minimum Gasteiger partial charge on any atom is -0.361 e. The molecule has 0 unspecified atom stereocenters. The van der Waals surface area contributed by atoms with E-state index in [4.69, 9.17) is 9.51 Å². The van der Waals surface area contributed by atoms with Crippen molar-refractivity contribution in [2.45, 2.75) is 46.5 Å². The fourth-order valence-corrected chi connectivity index (χ4v) is 3.70. The third-order valence-corrected chi connectivity index (χ3v) is 5.10. The molecular weight excluding hydrogens is 328 g/mol. The average Bonchev–Trinajstić information content (AvgIpc) is 3.17. The number of aromatic nitrogens is 6. The molecule has 1 saturated carbocycles. The van der Waals surface area contributed by atoms with E-state index >= 15 is 0 Å². The number of nitrogens with one attached hydrogen (secondary N) is 1. The molecule has 7 heteroatoms. The molecule has 1 aromatic carbocycles. The van der Waals surface area contributed by atoms with Gasteiger partial charge in [-0.05, 0) is 58.2 Å². The third-order valence-electron chi connectivity index (χ3n) is 5.10. The summed E-state index contributed by atoms with van der Waals surface area (Å²) in [5.41, 5.74) is 5.93. The van der Waals surface area contributed by atoms with Crippen molar-refractivity contribution in [2.24, 2.45) is 0 Å². The van der Waals surface area contributed by atoms with Gasteiger partial charge in [0.1, 0.15) is 28.8 Å². The van der Waals surface area contributed by atoms with Gasteiger partial charge in [0.15, 0.2) is 0 Å². The van der Waals surface area contributed by atoms with Crippen molar-refractivity contribution in [3.63, 3.8) is 0 Å². The zero-order chi connectivity index (χ0) is 18.0. The Morgan fingerprint density at radius 3 is 2.42 bits per heavy atom. The second-order valence-corrected chi connectivity index (χ2v) is 7.12. The van der Waals surface area contributed by atoms with Crippen LogP contribution >= 0.6 is 0 Å². The fraction of sp³-hybridized carbons (Fsp3) is 0.368. The summed E-state index contributed by atoms with van der Waals surface area (Å²) in [6.07, 6.45) is 2.41. The number of hydrogen-bond donors (Lipinski definition) is 1. The van der Waals surface area contributed by atoms with E-state index in [1.165, 1.54) is 12.8 Å². The van der Waals surface area contributed by atoms with Crippen LogP contribution in [0.4, 0.5) is 0 Å². The first-order valence-corrected chi connectivity index (χ1v) is 8.89. The van der Waals surface area contributed by atoms with E-state index in [0.29, 0.717) is 5.92 Å². The monoisotopic (exact) mass is 348 g/mol. The predicted molar refractivity (Wildman–Crippen MR) is 97.4 cm³/mol. The summed E-state index contributed by atoms with van der Waals surface area (Å²) in [5, 5.41) is 12.6. The molecule has 0 atom stereocenters. The molecule has 0 spiro atoms. The zero-order valence-electron chi connectivity index (χ0n) is 15.3. The molecule has 1 aliphatic carbocycles. The van der Waals surface area contributed by atoms with Gasteiger partial charge in [-0.15, -0.1) is 10.2 Å². The number of imidazole rings is 1. The van der Waals surface area contributed by atoms with Gasteiger partial charge in [-0.25, -0.2) is 4.98 Å². The van der Waals surface area contributed by atoms with Crippen LogP contribution in [0.25, 0.3) is 27.8 Å². The lowest BCUT2D eigenvalue weighted by Crippen LogP contribution is -2.01. The summed E-state index contributed by atoms with van der Waals surface area (Å²) in [6, 6.07) is 4.27. The van der Waals surface area contributed by atoms with Crippen molar-refractivity contribution in [1.29, 1.82) is 0 Å². The molecule has 1 N–H and O–H groups in total. The van der Waals surface area contributed by atoms with Crippen LogP contribution in [0.1, 0.15) is 47.7 Å². The first-order chi connectivity index (χ1) is 12.5. The van der Waals surface area contributed by atoms with Crippen molar-refractivity contribution in [1.82, 2.24) is 29.9 Å². The minimum atomic E-state index is 0.556. The molecule has 0 amide bonds. The Balaban J connectivity index is 1.83. The summed E-state index contributed by atoms with van der Waals surface area (Å²) in [6.45, 7) is 7.83. The largest absolute Gasteiger partial charge is 0.361 e. The number of aryl methyl sites for hydroxylation is 4. The Bertz CT molecular complexity index is 1110. The third kappa shape index (κ3) is 2.20. The number of hydrogen-bond acceptors (Lipinski definition) is 5. The lowest BCUT2D eigenvalue weighted by molar-refractivity contribution is 0.393. The van der Waals surface area contributed by atoms with E-state index in [0.717, 1.165) is 56.8 Å². The van der Waals surface area contributed by atoms with Gasteiger partial charge < -0.3 is 9.51 Å². The molecule has 7 nitrogen and oxygen atoms in total. The second kappa shape index (κ2) is 5.27. The average molecular weight is 348 g/mol. The van der Waals surface area contributed by atoms with Gasteiger partial charge in [-0.3, -0.25) is 4.57 Å². The maximum Gasteiger partial charge on any atom is 0.141 e. The van der Waals surface area contributed by atoms with Crippen molar-refractivity contribution in [2.75, 3.05) is 0 Å². The van der Waals surface area contributed by atoms with E-state index in [9.17, 15) is 0 Å². The minimum absolute atomic E-state index is 0.556. The molecule has 3 heterocycles. The van der Waals surface area contributed by atoms with Crippen molar-refractivity contribution >= 4 is 11.0 Å². The summed E-state index contributed by atoms with van der Waals surface area (Å²) < 4.78 is 7.44. The quantitative estimate of drug-likeness (QED) is 0.607. The van der Waals surface area contributed by atoms with E-state index in [-0.39, 0.29) is 0 Å². The Morgan fingerprint density at radius 1 is 1.08 bits per heavy atom. The van der Waals surface area contributed by atoms with Gasteiger partial charge in [0.25, 0.3) is 0 Å². The highest BCUT2D eigenvalue weighted by atomic mass is 16.5. The van der Waals surface area contributed by atoms with Gasteiger partial charge >= 0.3 is 0 Å². The predicted octanol–water partition coefficient (Wildman–Crippen LogP) is 3.91. The molecule has 0 saturated heterocycles. The van der Waals surface area contributed by atoms with Crippen LogP contribution in [0, 0.1) is 27.7 Å². The van der Waals surface area contributed by atoms with E-state index in [1.807, 2.05) is 27.7 Å². The van der Waals surface area contributed by atoms with Crippen LogP contribution in [0.15, 0.2) is 16.7 Å². The van der Waals surface area contributed by atoms with Crippen LogP contribution in [-0.2, 0) is 0 Å². The fourth-order valence-electron chi connectivity index (χ4n) is 3.70. The summed E-state index contributed by atoms with van der Waals surface area (Å²) in [4.78, 5) is 8.43. The number of benzene rings is 1. The molecular formula is C19H20N6O. The number of aromatic amines is 1. The van der Waals surface area contributed by atoms with E-state index in [2.05, 4.69) is 37.0 Å². The molecule has 3 aromatic heterocycles. The molecule has 4 aromatic rings. The molecule has 0 radical (unpaired) electrons. The maximum absolute atomic E-state index is 5.39. The van der Waals surface area contributed by atoms with Crippen LogP contribution in [0.5, 0.6) is 0 Å². The highest BCUT2D eigenvalue weighted by molar-refractivity contribution is 5.90. The first kappa shape index (κ1) is 15.3. The highest BCUT2D eigenvalue weighted by Gasteiger charge is 2.28. The SMILES string of the molecule is Cc1noc(C)c1-c1cc(-n2c(C)nnc2C)c2nc(C3CC3)[nH]c2c1. The van der Waals surface area contributed by atoms with Crippen molar-refractivity contribution in [3.8, 4) is 16.8 Å². The Morgan fingerprint density at radius 2 is 1.81 bits per heavy atom. The number of fused-ring (bicyclic) bond motifs is 1. The Hall–Kier alpha value is -2.96. The number of rotatable bonds is 3. The second-order valence-electron chi connectivity index (χ2n) is 7.12. The maximum atomic E-state index is 5.39. The number of nitrogens with zero attached hydrogens (tertiary/aromatic N) is 5. The zero-order valence-corrected chi connectivity index (χ0v) is 15.3. The topological polar surface area (TPSA) is 85.4 Å². The smallest absolute Gasteiger partial charge is 0.141 e. The normalized spacial score (nSPS) is 14.5. The van der Waals surface area contributed by atoms with Crippen molar-refractivity contribution < 1.29 is 4.52 Å². The van der Waals surface area contributed by atoms with E-state index in [1.54, 1.807) is 0 Å². The van der Waals surface area contributed by atoms with Crippen LogP contribution in [-0.4, -0.2) is 29.9 Å². The Kier molecular flexibility index (Phi) is 3.10. The highest BCUT2D eigenvalue weighted by Crippen LogP contribution is 2.40. The molecule has 0 bridgehead atoms. The van der Waals surface area contributed by atoms with E-state index < -0.39 is 0 Å². The Labute approximate surface area is 150 Å². The summed E-state index contributed by atoms with van der Waals surface area (Å²) in [5.74, 6) is 4.12. The van der Waals surface area contributed by atoms with Gasteiger partial charge in [-0.1, -0.05) is 5.16 Å². The lowest BCUT2D eigenvalue weighted by Gasteiger charge is -2.10. The van der Waals surface area contributed by atoms with Crippen LogP contribution in [0.3, 0.4) is 0 Å².